The van der Waals surface area contributed by atoms with Crippen molar-refractivity contribution in [3.8, 4) is 5.75 Å². The van der Waals surface area contributed by atoms with E-state index in [0.717, 1.165) is 0 Å². The molecule has 145 valence electrons. The van der Waals surface area contributed by atoms with E-state index in [4.69, 9.17) is 5.73 Å². The molecule has 9 nitrogen and oxygen atoms in total. The molecule has 29 heavy (non-hydrogen) atoms. The molecule has 5 N–H and O–H groups in total. The minimum atomic E-state index is -4.67. The van der Waals surface area contributed by atoms with E-state index in [-0.39, 0.29) is 40.9 Å². The number of phenols is 1. The van der Waals surface area contributed by atoms with Gasteiger partial charge >= 0.3 is 0 Å². The number of amides is 1. The zero-order valence-electron chi connectivity index (χ0n) is 15.6. The summed E-state index contributed by atoms with van der Waals surface area (Å²) >= 11 is 0. The van der Waals surface area contributed by atoms with Gasteiger partial charge in [-0.3, -0.25) is 9.35 Å². The van der Waals surface area contributed by atoms with Crippen LogP contribution in [0, 0.1) is 0 Å². The normalized spacial score (nSPS) is 11.4. The van der Waals surface area contributed by atoms with Crippen LogP contribution in [0.4, 0.5) is 22.7 Å². The van der Waals surface area contributed by atoms with Crippen LogP contribution in [0.3, 0.4) is 0 Å². The summed E-state index contributed by atoms with van der Waals surface area (Å²) in [7, 11) is -4.67. The second-order valence-corrected chi connectivity index (χ2v) is 7.35. The van der Waals surface area contributed by atoms with Gasteiger partial charge in [0.1, 0.15) is 10.6 Å². The molecular weight excluding hydrogens is 407 g/mol. The number of phenolic OH excluding ortho intramolecular Hbond substituents is 1. The first-order valence-electron chi connectivity index (χ1n) is 7.97. The number of nitrogen functional groups attached to an aromatic ring is 1. The number of hydrogen-bond donors (Lipinski definition) is 4. The summed E-state index contributed by atoms with van der Waals surface area (Å²) in [6.45, 7) is 1.37. The number of aromatic hydroxyl groups is 1. The molecule has 3 aromatic rings. The maximum absolute atomic E-state index is 11.8. The van der Waals surface area contributed by atoms with Gasteiger partial charge in [0.25, 0.3) is 10.1 Å². The van der Waals surface area contributed by atoms with Gasteiger partial charge in [-0.1, -0.05) is 6.07 Å². The van der Waals surface area contributed by atoms with Crippen LogP contribution in [0.25, 0.3) is 10.8 Å². The molecule has 3 rings (SSSR count). The molecule has 0 bridgehead atoms. The van der Waals surface area contributed by atoms with E-state index in [2.05, 4.69) is 15.5 Å². The number of rotatable bonds is 4. The minimum absolute atomic E-state index is 0. The van der Waals surface area contributed by atoms with Crippen molar-refractivity contribution in [2.45, 2.75) is 11.8 Å². The Kier molecular flexibility index (Phi) is 6.98. The largest absolute Gasteiger partial charge is 0.505 e. The molecule has 0 fully saturated rings. The third-order valence-corrected chi connectivity index (χ3v) is 4.67. The Balaban J connectivity index is 0.00000300. The Morgan fingerprint density at radius 3 is 2.31 bits per heavy atom. The number of benzene rings is 3. The van der Waals surface area contributed by atoms with Crippen LogP contribution in [-0.2, 0) is 14.9 Å². The summed E-state index contributed by atoms with van der Waals surface area (Å²) in [6.07, 6.45) is 0. The first kappa shape index (κ1) is 22.8. The molecule has 0 unspecified atom stereocenters. The number of nitrogens with zero attached hydrogens (tertiary/aromatic N) is 2. The second-order valence-electron chi connectivity index (χ2n) is 5.96. The second kappa shape index (κ2) is 8.89. The molecule has 0 heterocycles. The predicted molar refractivity (Wildman–Crippen MR) is 111 cm³/mol. The van der Waals surface area contributed by atoms with E-state index in [1.807, 2.05) is 0 Å². The summed E-state index contributed by atoms with van der Waals surface area (Å²) in [5.41, 5.74) is 6.55. The molecular formula is C18H16N4NaO5S. The molecule has 0 aliphatic rings. The Hall–Kier alpha value is -2.50. The van der Waals surface area contributed by atoms with Crippen LogP contribution >= 0.6 is 0 Å². The zero-order chi connectivity index (χ0) is 20.5. The monoisotopic (exact) mass is 423 g/mol. The SMILES string of the molecule is CC(=O)Nc1ccc(N=Nc2c(S(=O)(=O)O)cc3ccc(N)cc3c2O)cc1.[Na]. The first-order chi connectivity index (χ1) is 13.1. The molecule has 3 aromatic carbocycles. The van der Waals surface area contributed by atoms with Gasteiger partial charge in [0.15, 0.2) is 5.75 Å². The number of azo groups is 1. The number of carbonyl (C=O) groups is 1. The smallest absolute Gasteiger partial charge is 0.296 e. The van der Waals surface area contributed by atoms with Crippen LogP contribution in [-0.4, -0.2) is 53.5 Å². The maximum atomic E-state index is 11.8. The van der Waals surface area contributed by atoms with Gasteiger partial charge in [-0.05, 0) is 47.9 Å². The summed E-state index contributed by atoms with van der Waals surface area (Å²) in [5, 5.41) is 21.5. The molecule has 0 saturated carbocycles. The third-order valence-electron chi connectivity index (χ3n) is 3.81. The summed E-state index contributed by atoms with van der Waals surface area (Å²) in [4.78, 5) is 10.5. The van der Waals surface area contributed by atoms with Crippen molar-refractivity contribution in [2.24, 2.45) is 10.2 Å². The molecule has 0 aliphatic carbocycles. The Morgan fingerprint density at radius 1 is 1.07 bits per heavy atom. The quantitative estimate of drug-likeness (QED) is 0.218. The first-order valence-corrected chi connectivity index (χ1v) is 9.41. The number of carbonyl (C=O) groups excluding carboxylic acids is 1. The molecule has 0 aromatic heterocycles. The van der Waals surface area contributed by atoms with Crippen molar-refractivity contribution in [3.05, 3.63) is 48.5 Å². The van der Waals surface area contributed by atoms with E-state index in [1.165, 1.54) is 43.3 Å². The summed E-state index contributed by atoms with van der Waals surface area (Å²) < 4.78 is 33.0. The van der Waals surface area contributed by atoms with Crippen molar-refractivity contribution < 1.29 is 22.9 Å². The van der Waals surface area contributed by atoms with Gasteiger partial charge in [0.05, 0.1) is 5.69 Å². The van der Waals surface area contributed by atoms with Gasteiger partial charge in [0, 0.05) is 53.2 Å². The number of anilines is 2. The molecule has 0 atom stereocenters. The number of hydrogen-bond acceptors (Lipinski definition) is 7. The van der Waals surface area contributed by atoms with E-state index >= 15 is 0 Å². The van der Waals surface area contributed by atoms with Crippen molar-refractivity contribution in [1.82, 2.24) is 0 Å². The number of nitrogens with two attached hydrogens (primary N) is 1. The van der Waals surface area contributed by atoms with E-state index in [1.54, 1.807) is 12.1 Å². The average molecular weight is 423 g/mol. The molecule has 1 amide bonds. The van der Waals surface area contributed by atoms with Crippen LogP contribution in [0.1, 0.15) is 6.92 Å². The van der Waals surface area contributed by atoms with E-state index in [9.17, 15) is 22.9 Å². The zero-order valence-corrected chi connectivity index (χ0v) is 18.4. The van der Waals surface area contributed by atoms with E-state index in [0.29, 0.717) is 22.4 Å². The fourth-order valence-electron chi connectivity index (χ4n) is 2.57. The van der Waals surface area contributed by atoms with Crippen LogP contribution < -0.4 is 11.1 Å². The Bertz CT molecular complexity index is 1210. The fraction of sp³-hybridized carbons (Fsp3) is 0.0556. The Morgan fingerprint density at radius 2 is 1.72 bits per heavy atom. The number of fused-ring (bicyclic) bond motifs is 1. The maximum Gasteiger partial charge on any atom is 0.296 e. The van der Waals surface area contributed by atoms with Crippen LogP contribution in [0.2, 0.25) is 0 Å². The molecule has 0 saturated heterocycles. The topological polar surface area (TPSA) is 154 Å². The van der Waals surface area contributed by atoms with E-state index < -0.39 is 26.5 Å². The molecule has 0 spiro atoms. The molecule has 0 aliphatic heterocycles. The predicted octanol–water partition coefficient (Wildman–Crippen LogP) is 3.37. The van der Waals surface area contributed by atoms with Gasteiger partial charge in [-0.15, -0.1) is 5.11 Å². The van der Waals surface area contributed by atoms with Crippen molar-refractivity contribution in [1.29, 1.82) is 0 Å². The summed E-state index contributed by atoms with van der Waals surface area (Å²) in [6, 6.07) is 11.9. The van der Waals surface area contributed by atoms with Crippen molar-refractivity contribution in [2.75, 3.05) is 11.1 Å². The third kappa shape index (κ3) is 5.31. The van der Waals surface area contributed by atoms with Gasteiger partial charge in [0.2, 0.25) is 5.91 Å². The molecule has 11 heteroatoms. The van der Waals surface area contributed by atoms with Gasteiger partial charge < -0.3 is 16.2 Å². The minimum Gasteiger partial charge on any atom is -0.505 e. The van der Waals surface area contributed by atoms with Gasteiger partial charge in [-0.25, -0.2) is 0 Å². The summed E-state index contributed by atoms with van der Waals surface area (Å²) in [5.74, 6) is -0.705. The van der Waals surface area contributed by atoms with Gasteiger partial charge in [-0.2, -0.15) is 13.5 Å². The molecule has 1 radical (unpaired) electrons. The Labute approximate surface area is 188 Å². The van der Waals surface area contributed by atoms with Crippen molar-refractivity contribution in [3.63, 3.8) is 0 Å². The number of nitrogens with one attached hydrogen (secondary N) is 1. The standard InChI is InChI=1S/C18H16N4O5S.Na/c1-10(23)20-13-4-6-14(7-5-13)21-22-17-16(28(25,26)27)8-11-2-3-12(19)9-15(11)18(17)24;/h2-9,24H,19H2,1H3,(H,20,23)(H,25,26,27);. The van der Waals surface area contributed by atoms with Crippen molar-refractivity contribution >= 4 is 79.1 Å². The van der Waals surface area contributed by atoms with Crippen LogP contribution in [0.15, 0.2) is 63.7 Å². The van der Waals surface area contributed by atoms with Crippen LogP contribution in [0.5, 0.6) is 5.75 Å². The average Bonchev–Trinajstić information content (AvgIpc) is 2.61. The fourth-order valence-corrected chi connectivity index (χ4v) is 3.23.